The molecule has 0 unspecified atom stereocenters. The third-order valence-electron chi connectivity index (χ3n) is 1.37. The molecule has 0 aromatic carbocycles. The molecule has 0 bridgehead atoms. The van der Waals surface area contributed by atoms with E-state index in [9.17, 15) is 0 Å². The van der Waals surface area contributed by atoms with Crippen LogP contribution >= 0.6 is 0 Å². The molecule has 0 nitrogen and oxygen atoms in total. The quantitative estimate of drug-likeness (QED) is 0.418. The van der Waals surface area contributed by atoms with Crippen molar-refractivity contribution >= 4 is 0 Å². The maximum absolute atomic E-state index is 3.63. The normalized spacial score (nSPS) is 12.7. The van der Waals surface area contributed by atoms with Gasteiger partial charge in [-0.15, -0.1) is 6.58 Å². The predicted octanol–water partition coefficient (Wildman–Crippen LogP) is 4.20. The van der Waals surface area contributed by atoms with Crippen LogP contribution in [0.5, 0.6) is 0 Å². The van der Waals surface area contributed by atoms with Crippen molar-refractivity contribution in [1.82, 2.24) is 0 Å². The molecule has 70 valence electrons. The highest BCUT2D eigenvalue weighted by molar-refractivity contribution is 5.15. The SMILES string of the molecule is C=CC/C=C\C=CC=C/C=C/CC. The first kappa shape index (κ1) is 11.7. The van der Waals surface area contributed by atoms with Gasteiger partial charge in [-0.1, -0.05) is 61.6 Å². The molecule has 0 aromatic heterocycles. The molecule has 0 heteroatoms. The minimum absolute atomic E-state index is 0.934. The molecule has 0 saturated carbocycles. The van der Waals surface area contributed by atoms with E-state index in [1.54, 1.807) is 0 Å². The van der Waals surface area contributed by atoms with E-state index in [1.807, 2.05) is 36.5 Å². The molecule has 0 heterocycles. The van der Waals surface area contributed by atoms with E-state index in [2.05, 4.69) is 31.7 Å². The Balaban J connectivity index is 3.56. The van der Waals surface area contributed by atoms with Crippen LogP contribution in [0.25, 0.3) is 0 Å². The van der Waals surface area contributed by atoms with Crippen molar-refractivity contribution in [2.45, 2.75) is 19.8 Å². The van der Waals surface area contributed by atoms with E-state index in [1.165, 1.54) is 0 Å². The Morgan fingerprint density at radius 1 is 0.846 bits per heavy atom. The molecule has 0 rings (SSSR count). The highest BCUT2D eigenvalue weighted by atomic mass is 13.7. The number of hydrogen-bond donors (Lipinski definition) is 0. The van der Waals surface area contributed by atoms with Gasteiger partial charge in [0.1, 0.15) is 0 Å². The maximum atomic E-state index is 3.63. The third-order valence-corrected chi connectivity index (χ3v) is 1.37. The van der Waals surface area contributed by atoms with Gasteiger partial charge in [0.05, 0.1) is 0 Å². The van der Waals surface area contributed by atoms with Crippen LogP contribution in [0.1, 0.15) is 19.8 Å². The summed E-state index contributed by atoms with van der Waals surface area (Å²) in [5.41, 5.74) is 0. The molecule has 0 atom stereocenters. The molecular weight excluding hydrogens is 156 g/mol. The summed E-state index contributed by atoms with van der Waals surface area (Å²) in [6.45, 7) is 5.75. The Bertz CT molecular complexity index is 214. The van der Waals surface area contributed by atoms with Crippen LogP contribution in [0.3, 0.4) is 0 Å². The van der Waals surface area contributed by atoms with Gasteiger partial charge in [0.25, 0.3) is 0 Å². The van der Waals surface area contributed by atoms with Gasteiger partial charge in [0, 0.05) is 0 Å². The lowest BCUT2D eigenvalue weighted by Crippen LogP contribution is -1.55. The molecule has 0 saturated heterocycles. The Kier molecular flexibility index (Phi) is 9.63. The lowest BCUT2D eigenvalue weighted by atomic mass is 10.3. The minimum atomic E-state index is 0.934. The van der Waals surface area contributed by atoms with Crippen LogP contribution in [0.2, 0.25) is 0 Å². The molecule has 0 aromatic rings. The minimum Gasteiger partial charge on any atom is -0.103 e. The topological polar surface area (TPSA) is 0 Å². The molecule has 0 N–H and O–H groups in total. The molecule has 13 heavy (non-hydrogen) atoms. The van der Waals surface area contributed by atoms with Gasteiger partial charge in [0.2, 0.25) is 0 Å². The van der Waals surface area contributed by atoms with Crippen LogP contribution in [0.4, 0.5) is 0 Å². The molecule has 0 aliphatic carbocycles. The van der Waals surface area contributed by atoms with E-state index in [-0.39, 0.29) is 0 Å². The largest absolute Gasteiger partial charge is 0.103 e. The summed E-state index contributed by atoms with van der Waals surface area (Å²) in [7, 11) is 0. The summed E-state index contributed by atoms with van der Waals surface area (Å²) in [6.07, 6.45) is 20.2. The van der Waals surface area contributed by atoms with Crippen LogP contribution in [0, 0.1) is 0 Å². The van der Waals surface area contributed by atoms with Gasteiger partial charge in [-0.05, 0) is 12.8 Å². The van der Waals surface area contributed by atoms with Crippen LogP contribution in [-0.4, -0.2) is 0 Å². The van der Waals surface area contributed by atoms with Gasteiger partial charge in [-0.2, -0.15) is 0 Å². The number of allylic oxidation sites excluding steroid dienone is 9. The summed E-state index contributed by atoms with van der Waals surface area (Å²) in [5, 5.41) is 0. The predicted molar refractivity (Wildman–Crippen MR) is 61.7 cm³/mol. The molecule has 0 aliphatic heterocycles. The van der Waals surface area contributed by atoms with Crippen molar-refractivity contribution in [1.29, 1.82) is 0 Å². The smallest absolute Gasteiger partial charge is 0.0169 e. The first-order valence-corrected chi connectivity index (χ1v) is 4.67. The van der Waals surface area contributed by atoms with Crippen molar-refractivity contribution in [2.75, 3.05) is 0 Å². The third kappa shape index (κ3) is 10.7. The summed E-state index contributed by atoms with van der Waals surface area (Å²) in [5.74, 6) is 0. The fraction of sp³-hybridized carbons (Fsp3) is 0.231. The summed E-state index contributed by atoms with van der Waals surface area (Å²) in [4.78, 5) is 0. The van der Waals surface area contributed by atoms with E-state index in [0.29, 0.717) is 0 Å². The second-order valence-corrected chi connectivity index (χ2v) is 2.56. The Morgan fingerprint density at radius 3 is 1.92 bits per heavy atom. The van der Waals surface area contributed by atoms with Crippen molar-refractivity contribution < 1.29 is 0 Å². The van der Waals surface area contributed by atoms with Gasteiger partial charge in [-0.3, -0.25) is 0 Å². The molecule has 0 amide bonds. The Morgan fingerprint density at radius 2 is 1.38 bits per heavy atom. The Labute approximate surface area is 81.7 Å². The van der Waals surface area contributed by atoms with Gasteiger partial charge in [-0.25, -0.2) is 0 Å². The molecular formula is C13H18. The molecule has 0 radical (unpaired) electrons. The van der Waals surface area contributed by atoms with E-state index in [4.69, 9.17) is 0 Å². The second kappa shape index (κ2) is 10.7. The highest BCUT2D eigenvalue weighted by Gasteiger charge is 1.65. The van der Waals surface area contributed by atoms with Crippen LogP contribution in [-0.2, 0) is 0 Å². The fourth-order valence-corrected chi connectivity index (χ4v) is 0.725. The summed E-state index contributed by atoms with van der Waals surface area (Å²) < 4.78 is 0. The van der Waals surface area contributed by atoms with E-state index in [0.717, 1.165) is 12.8 Å². The monoisotopic (exact) mass is 174 g/mol. The highest BCUT2D eigenvalue weighted by Crippen LogP contribution is 1.86. The van der Waals surface area contributed by atoms with Crippen molar-refractivity contribution in [2.24, 2.45) is 0 Å². The zero-order valence-electron chi connectivity index (χ0n) is 8.32. The zero-order valence-corrected chi connectivity index (χ0v) is 8.32. The fourth-order valence-electron chi connectivity index (χ4n) is 0.725. The second-order valence-electron chi connectivity index (χ2n) is 2.56. The van der Waals surface area contributed by atoms with Gasteiger partial charge < -0.3 is 0 Å². The first-order chi connectivity index (χ1) is 6.41. The average Bonchev–Trinajstić information content (AvgIpc) is 2.16. The lowest BCUT2D eigenvalue weighted by molar-refractivity contribution is 1.22. The van der Waals surface area contributed by atoms with Crippen molar-refractivity contribution in [3.8, 4) is 0 Å². The molecule has 0 aliphatic rings. The number of hydrogen-bond acceptors (Lipinski definition) is 0. The Hall–Kier alpha value is -1.30. The molecule has 0 spiro atoms. The van der Waals surface area contributed by atoms with Crippen LogP contribution < -0.4 is 0 Å². The van der Waals surface area contributed by atoms with Crippen molar-refractivity contribution in [3.63, 3.8) is 0 Å². The van der Waals surface area contributed by atoms with Gasteiger partial charge >= 0.3 is 0 Å². The van der Waals surface area contributed by atoms with E-state index >= 15 is 0 Å². The van der Waals surface area contributed by atoms with E-state index < -0.39 is 0 Å². The number of rotatable bonds is 6. The lowest BCUT2D eigenvalue weighted by Gasteiger charge is -1.76. The average molecular weight is 174 g/mol. The summed E-state index contributed by atoms with van der Waals surface area (Å²) >= 11 is 0. The first-order valence-electron chi connectivity index (χ1n) is 4.67. The van der Waals surface area contributed by atoms with Crippen LogP contribution in [0.15, 0.2) is 61.3 Å². The summed E-state index contributed by atoms with van der Waals surface area (Å²) in [6, 6.07) is 0. The maximum Gasteiger partial charge on any atom is -0.0169 e. The van der Waals surface area contributed by atoms with Gasteiger partial charge in [0.15, 0.2) is 0 Å². The molecule has 0 fully saturated rings. The standard InChI is InChI=1S/C13H18/c1-3-5-7-9-11-13-12-10-8-6-4-2/h3,6-13H,1,4-5H2,2H3/b8-6+,9-7-,12-10?,13-11?. The zero-order chi connectivity index (χ0) is 9.78. The van der Waals surface area contributed by atoms with Crippen molar-refractivity contribution in [3.05, 3.63) is 61.3 Å².